The predicted molar refractivity (Wildman–Crippen MR) is 101 cm³/mol. The molecule has 1 aliphatic heterocycles. The van der Waals surface area contributed by atoms with E-state index in [1.807, 2.05) is 0 Å². The molecular weight excluding hydrogens is 382 g/mol. The summed E-state index contributed by atoms with van der Waals surface area (Å²) in [6.07, 6.45) is -1.83. The largest absolute Gasteiger partial charge is 0.389 e. The van der Waals surface area contributed by atoms with E-state index in [0.717, 1.165) is 4.90 Å². The molecule has 2 N–H and O–H groups in total. The molecule has 2 aromatic carbocycles. The molecule has 2 aromatic rings. The Kier molecular flexibility index (Phi) is 5.95. The summed E-state index contributed by atoms with van der Waals surface area (Å²) in [6, 6.07) is 10.7. The van der Waals surface area contributed by atoms with Crippen LogP contribution in [0.15, 0.2) is 48.5 Å². The lowest BCUT2D eigenvalue weighted by atomic mass is 10.0. The Morgan fingerprint density at radius 1 is 1.00 bits per heavy atom. The van der Waals surface area contributed by atoms with Crippen molar-refractivity contribution in [3.63, 3.8) is 0 Å². The van der Waals surface area contributed by atoms with Crippen LogP contribution >= 0.6 is 0 Å². The van der Waals surface area contributed by atoms with Crippen LogP contribution in [-0.2, 0) is 9.53 Å². The first-order valence-corrected chi connectivity index (χ1v) is 9.12. The van der Waals surface area contributed by atoms with Crippen molar-refractivity contribution in [2.75, 3.05) is 13.2 Å². The van der Waals surface area contributed by atoms with Gasteiger partial charge in [-0.3, -0.25) is 9.69 Å². The number of β-amino-alcohol motifs (C(OH)–C–C–N with tert-alkyl or cyclic N) is 1. The van der Waals surface area contributed by atoms with Gasteiger partial charge in [0.1, 0.15) is 23.3 Å². The molecule has 0 radical (unpaired) electrons. The minimum atomic E-state index is -1.14. The maximum absolute atomic E-state index is 13.3. The molecule has 0 aliphatic carbocycles. The minimum absolute atomic E-state index is 0.198. The molecule has 1 atom stereocenters. The molecule has 0 spiro atoms. The smallest absolute Gasteiger partial charge is 0.325 e. The zero-order valence-electron chi connectivity index (χ0n) is 16.1. The molecule has 6 nitrogen and oxygen atoms in total. The molecule has 8 heteroatoms. The highest BCUT2D eigenvalue weighted by Gasteiger charge is 2.44. The number of carbonyl (C=O) groups excluding carboxylic acids is 2. The molecule has 0 bridgehead atoms. The second-order valence-electron chi connectivity index (χ2n) is 7.44. The van der Waals surface area contributed by atoms with E-state index in [0.29, 0.717) is 11.1 Å². The Morgan fingerprint density at radius 3 is 1.90 bits per heavy atom. The van der Waals surface area contributed by atoms with Gasteiger partial charge < -0.3 is 15.2 Å². The quantitative estimate of drug-likeness (QED) is 0.696. The molecule has 0 aromatic heterocycles. The van der Waals surface area contributed by atoms with Gasteiger partial charge in [-0.1, -0.05) is 24.3 Å². The van der Waals surface area contributed by atoms with Gasteiger partial charge in [0.05, 0.1) is 19.3 Å². The number of nitrogens with zero attached hydrogens (tertiary/aromatic N) is 1. The van der Waals surface area contributed by atoms with E-state index in [1.54, 1.807) is 13.8 Å². The van der Waals surface area contributed by atoms with Gasteiger partial charge in [-0.2, -0.15) is 0 Å². The molecule has 1 heterocycles. The zero-order valence-corrected chi connectivity index (χ0v) is 16.1. The van der Waals surface area contributed by atoms with Crippen molar-refractivity contribution in [3.8, 4) is 0 Å². The van der Waals surface area contributed by atoms with E-state index in [1.165, 1.54) is 48.5 Å². The minimum Gasteiger partial charge on any atom is -0.389 e. The van der Waals surface area contributed by atoms with Crippen molar-refractivity contribution >= 4 is 11.9 Å². The first-order chi connectivity index (χ1) is 13.7. The number of nitrogens with one attached hydrogen (secondary N) is 1. The molecule has 154 valence electrons. The molecular formula is C21H22F2N2O4. The van der Waals surface area contributed by atoms with Crippen molar-refractivity contribution in [2.24, 2.45) is 0 Å². The molecule has 0 saturated carbocycles. The maximum atomic E-state index is 13.3. The lowest BCUT2D eigenvalue weighted by molar-refractivity contribution is -0.131. The van der Waals surface area contributed by atoms with Crippen LogP contribution in [-0.4, -0.2) is 46.7 Å². The molecule has 1 fully saturated rings. The summed E-state index contributed by atoms with van der Waals surface area (Å²) < 4.78 is 32.4. The summed E-state index contributed by atoms with van der Waals surface area (Å²) in [5, 5.41) is 12.9. The van der Waals surface area contributed by atoms with E-state index in [9.17, 15) is 23.5 Å². The average molecular weight is 404 g/mol. The van der Waals surface area contributed by atoms with Gasteiger partial charge in [0.2, 0.25) is 0 Å². The van der Waals surface area contributed by atoms with Crippen LogP contribution in [0.3, 0.4) is 0 Å². The summed E-state index contributed by atoms with van der Waals surface area (Å²) in [5.74, 6) is -1.25. The van der Waals surface area contributed by atoms with E-state index < -0.39 is 41.3 Å². The van der Waals surface area contributed by atoms with E-state index in [4.69, 9.17) is 4.74 Å². The van der Waals surface area contributed by atoms with Crippen LogP contribution in [0.5, 0.6) is 0 Å². The first-order valence-electron chi connectivity index (χ1n) is 9.12. The van der Waals surface area contributed by atoms with Crippen LogP contribution in [0.25, 0.3) is 0 Å². The number of aliphatic hydroxyl groups is 1. The van der Waals surface area contributed by atoms with Crippen LogP contribution in [0.4, 0.5) is 13.6 Å². The van der Waals surface area contributed by atoms with E-state index in [2.05, 4.69) is 5.32 Å². The molecule has 3 rings (SSSR count). The Morgan fingerprint density at radius 2 is 1.48 bits per heavy atom. The SMILES string of the molecule is CC1(C)NC(=O)N(CC(O)COC(c2ccc(F)cc2)c2ccc(F)cc2)C1=O. The third-order valence-electron chi connectivity index (χ3n) is 4.64. The lowest BCUT2D eigenvalue weighted by Gasteiger charge is -2.23. The highest BCUT2D eigenvalue weighted by molar-refractivity contribution is 6.06. The monoisotopic (exact) mass is 404 g/mol. The van der Waals surface area contributed by atoms with Gasteiger partial charge in [0.15, 0.2) is 0 Å². The van der Waals surface area contributed by atoms with E-state index in [-0.39, 0.29) is 13.2 Å². The molecule has 1 saturated heterocycles. The fourth-order valence-corrected chi connectivity index (χ4v) is 3.11. The van der Waals surface area contributed by atoms with Crippen LogP contribution < -0.4 is 5.32 Å². The first kappa shape index (κ1) is 20.9. The lowest BCUT2D eigenvalue weighted by Crippen LogP contribution is -2.42. The number of ether oxygens (including phenoxy) is 1. The van der Waals surface area contributed by atoms with Crippen LogP contribution in [0.2, 0.25) is 0 Å². The number of hydrogen-bond acceptors (Lipinski definition) is 4. The summed E-state index contributed by atoms with van der Waals surface area (Å²) in [4.78, 5) is 25.1. The Labute approximate surface area is 167 Å². The van der Waals surface area contributed by atoms with Crippen LogP contribution in [0.1, 0.15) is 31.1 Å². The second kappa shape index (κ2) is 8.26. The van der Waals surface area contributed by atoms with Crippen molar-refractivity contribution < 1.29 is 28.2 Å². The van der Waals surface area contributed by atoms with Gasteiger partial charge in [-0.15, -0.1) is 0 Å². The van der Waals surface area contributed by atoms with Gasteiger partial charge in [0.25, 0.3) is 5.91 Å². The third kappa shape index (κ3) is 4.78. The third-order valence-corrected chi connectivity index (χ3v) is 4.64. The summed E-state index contributed by atoms with van der Waals surface area (Å²) in [7, 11) is 0. The summed E-state index contributed by atoms with van der Waals surface area (Å²) in [6.45, 7) is 2.73. The van der Waals surface area contributed by atoms with Crippen LogP contribution in [0, 0.1) is 11.6 Å². The molecule has 1 unspecified atom stereocenters. The number of rotatable bonds is 7. The molecule has 1 aliphatic rings. The van der Waals surface area contributed by atoms with Crippen molar-refractivity contribution in [2.45, 2.75) is 31.6 Å². The van der Waals surface area contributed by atoms with Crippen molar-refractivity contribution in [1.82, 2.24) is 10.2 Å². The highest BCUT2D eigenvalue weighted by Crippen LogP contribution is 2.27. The number of imide groups is 1. The number of halogens is 2. The van der Waals surface area contributed by atoms with E-state index >= 15 is 0 Å². The predicted octanol–water partition coefficient (Wildman–Crippen LogP) is 2.76. The Balaban J connectivity index is 1.71. The Hall–Kier alpha value is -2.84. The zero-order chi connectivity index (χ0) is 21.2. The van der Waals surface area contributed by atoms with Gasteiger partial charge >= 0.3 is 6.03 Å². The Bertz CT molecular complexity index is 839. The average Bonchev–Trinajstić information content (AvgIpc) is 2.86. The van der Waals surface area contributed by atoms with Gasteiger partial charge in [0, 0.05) is 0 Å². The summed E-state index contributed by atoms with van der Waals surface area (Å²) >= 11 is 0. The summed E-state index contributed by atoms with van der Waals surface area (Å²) in [5.41, 5.74) is 0.199. The molecule has 3 amide bonds. The topological polar surface area (TPSA) is 78.9 Å². The van der Waals surface area contributed by atoms with Crippen molar-refractivity contribution in [1.29, 1.82) is 0 Å². The number of aliphatic hydroxyl groups excluding tert-OH is 1. The highest BCUT2D eigenvalue weighted by atomic mass is 19.1. The standard InChI is InChI=1S/C21H22F2N2O4/c1-21(2)19(27)25(20(28)24-21)11-17(26)12-29-18(13-3-7-15(22)8-4-13)14-5-9-16(23)10-6-14/h3-10,17-18,26H,11-12H2,1-2H3,(H,24,28). The number of hydrogen-bond donors (Lipinski definition) is 2. The number of benzene rings is 2. The maximum Gasteiger partial charge on any atom is 0.325 e. The second-order valence-corrected chi connectivity index (χ2v) is 7.44. The van der Waals surface area contributed by atoms with Gasteiger partial charge in [-0.05, 0) is 49.2 Å². The van der Waals surface area contributed by atoms with Gasteiger partial charge in [-0.25, -0.2) is 13.6 Å². The number of carbonyl (C=O) groups is 2. The normalized spacial score (nSPS) is 17.0. The fraction of sp³-hybridized carbons (Fsp3) is 0.333. The number of amides is 3. The number of urea groups is 1. The molecule has 29 heavy (non-hydrogen) atoms. The van der Waals surface area contributed by atoms with Crippen molar-refractivity contribution in [3.05, 3.63) is 71.3 Å². The fourth-order valence-electron chi connectivity index (χ4n) is 3.11.